The Hall–Kier alpha value is -1.66. The molecular weight excluding hydrogens is 291 g/mol. The average molecular weight is 314 g/mol. The molecule has 116 valence electrons. The first-order chi connectivity index (χ1) is 10.4. The Labute approximate surface area is 134 Å². The molecule has 2 nitrogen and oxygen atoms in total. The summed E-state index contributed by atoms with van der Waals surface area (Å²) in [5, 5.41) is 1.19. The van der Waals surface area contributed by atoms with Crippen LogP contribution in [0.25, 0.3) is 0 Å². The summed E-state index contributed by atoms with van der Waals surface area (Å²) < 4.78 is 5.34. The molecule has 0 aliphatic carbocycles. The zero-order valence-electron chi connectivity index (χ0n) is 13.4. The molecule has 0 saturated heterocycles. The Bertz CT molecular complexity index is 598. The van der Waals surface area contributed by atoms with Crippen molar-refractivity contribution in [3.8, 4) is 0 Å². The molecule has 0 aromatic heterocycles. The number of ether oxygens (including phenoxy) is 1. The van der Waals surface area contributed by atoms with Crippen molar-refractivity contribution < 1.29 is 9.53 Å². The minimum absolute atomic E-state index is 0.137. The first-order valence-electron chi connectivity index (χ1n) is 7.49. The highest BCUT2D eigenvalue weighted by atomic mass is 31.1. The number of hydrogen-bond acceptors (Lipinski definition) is 2. The van der Waals surface area contributed by atoms with Gasteiger partial charge in [-0.1, -0.05) is 83.9 Å². The zero-order chi connectivity index (χ0) is 16.0. The third-order valence-corrected chi connectivity index (χ3v) is 4.64. The lowest BCUT2D eigenvalue weighted by molar-refractivity contribution is -0.141. The van der Waals surface area contributed by atoms with Gasteiger partial charge < -0.3 is 4.74 Å². The molecule has 0 spiro atoms. The fraction of sp³-hybridized carbons (Fsp3) is 0.316. The molecule has 2 aromatic rings. The minimum Gasteiger partial charge on any atom is -0.461 e. The van der Waals surface area contributed by atoms with E-state index in [1.54, 1.807) is 0 Å². The summed E-state index contributed by atoms with van der Waals surface area (Å²) in [7, 11) is 0.468. The molecule has 1 unspecified atom stereocenters. The van der Waals surface area contributed by atoms with Crippen molar-refractivity contribution in [2.24, 2.45) is 0 Å². The summed E-state index contributed by atoms with van der Waals surface area (Å²) in [6, 6.07) is 18.3. The largest absolute Gasteiger partial charge is 0.461 e. The van der Waals surface area contributed by atoms with Gasteiger partial charge >= 0.3 is 5.97 Å². The molecule has 0 saturated carbocycles. The molecule has 2 aromatic carbocycles. The Morgan fingerprint density at radius 2 is 1.64 bits per heavy atom. The fourth-order valence-electron chi connectivity index (χ4n) is 2.05. The standard InChI is InChI=1S/C19H23O2P/c1-19(2,3)16-11-9-15(10-12-16)13-21-18(20)14-22-17-7-5-4-6-8-17/h4-12,22H,13-14H2,1-3H3. The molecule has 2 rings (SSSR count). The highest BCUT2D eigenvalue weighted by molar-refractivity contribution is 7.48. The lowest BCUT2D eigenvalue weighted by Gasteiger charge is -2.19. The third kappa shape index (κ3) is 5.27. The van der Waals surface area contributed by atoms with Crippen molar-refractivity contribution in [2.45, 2.75) is 32.8 Å². The van der Waals surface area contributed by atoms with Gasteiger partial charge in [-0.25, -0.2) is 0 Å². The molecule has 0 aliphatic rings. The Morgan fingerprint density at radius 3 is 2.23 bits per heavy atom. The van der Waals surface area contributed by atoms with E-state index in [4.69, 9.17) is 4.74 Å². The molecule has 22 heavy (non-hydrogen) atoms. The molecule has 0 aliphatic heterocycles. The van der Waals surface area contributed by atoms with Gasteiger partial charge in [0.15, 0.2) is 0 Å². The van der Waals surface area contributed by atoms with E-state index in [2.05, 4.69) is 32.9 Å². The van der Waals surface area contributed by atoms with Crippen molar-refractivity contribution in [1.82, 2.24) is 0 Å². The van der Waals surface area contributed by atoms with Gasteiger partial charge in [0, 0.05) is 0 Å². The van der Waals surface area contributed by atoms with Gasteiger partial charge in [0.1, 0.15) is 6.61 Å². The van der Waals surface area contributed by atoms with Crippen LogP contribution >= 0.6 is 8.58 Å². The molecule has 3 heteroatoms. The van der Waals surface area contributed by atoms with E-state index in [1.165, 1.54) is 10.9 Å². The van der Waals surface area contributed by atoms with Gasteiger partial charge in [-0.3, -0.25) is 4.79 Å². The Morgan fingerprint density at radius 1 is 1.00 bits per heavy atom. The van der Waals surface area contributed by atoms with E-state index < -0.39 is 0 Å². The van der Waals surface area contributed by atoms with Gasteiger partial charge in [-0.15, -0.1) is 0 Å². The van der Waals surface area contributed by atoms with Gasteiger partial charge in [-0.05, 0) is 21.8 Å². The van der Waals surface area contributed by atoms with Crippen LogP contribution in [-0.4, -0.2) is 12.1 Å². The maximum atomic E-state index is 11.8. The van der Waals surface area contributed by atoms with E-state index in [0.717, 1.165) is 5.56 Å². The zero-order valence-corrected chi connectivity index (χ0v) is 14.4. The van der Waals surface area contributed by atoms with Gasteiger partial charge in [0.25, 0.3) is 0 Å². The molecular formula is C19H23O2P. The van der Waals surface area contributed by atoms with Crippen LogP contribution in [0.1, 0.15) is 31.9 Å². The van der Waals surface area contributed by atoms with E-state index in [-0.39, 0.29) is 11.4 Å². The van der Waals surface area contributed by atoms with Crippen molar-refractivity contribution in [3.63, 3.8) is 0 Å². The topological polar surface area (TPSA) is 26.3 Å². The van der Waals surface area contributed by atoms with Crippen molar-refractivity contribution in [2.75, 3.05) is 6.16 Å². The first-order valence-corrected chi connectivity index (χ1v) is 8.70. The number of carbonyl (C=O) groups is 1. The van der Waals surface area contributed by atoms with Gasteiger partial charge in [-0.2, -0.15) is 0 Å². The number of carbonyl (C=O) groups excluding carboxylic acids is 1. The second-order valence-electron chi connectivity index (χ2n) is 6.33. The van der Waals surface area contributed by atoms with E-state index in [9.17, 15) is 4.79 Å². The number of esters is 1. The summed E-state index contributed by atoms with van der Waals surface area (Å²) in [6.07, 6.45) is 0.449. The first kappa shape index (κ1) is 16.7. The van der Waals surface area contributed by atoms with Crippen molar-refractivity contribution >= 4 is 19.9 Å². The maximum Gasteiger partial charge on any atom is 0.310 e. The maximum absolute atomic E-state index is 11.8. The van der Waals surface area contributed by atoms with E-state index >= 15 is 0 Å². The van der Waals surface area contributed by atoms with Gasteiger partial charge in [0.2, 0.25) is 0 Å². The van der Waals surface area contributed by atoms with Crippen LogP contribution in [0.2, 0.25) is 0 Å². The monoisotopic (exact) mass is 314 g/mol. The number of benzene rings is 2. The quantitative estimate of drug-likeness (QED) is 0.615. The Kier molecular flexibility index (Phi) is 5.74. The molecule has 0 fully saturated rings. The van der Waals surface area contributed by atoms with Crippen LogP contribution in [0.15, 0.2) is 54.6 Å². The SMILES string of the molecule is CC(C)(C)c1ccc(COC(=O)CPc2ccccc2)cc1. The lowest BCUT2D eigenvalue weighted by Crippen LogP contribution is -2.11. The normalized spacial score (nSPS) is 11.8. The number of hydrogen-bond donors (Lipinski definition) is 0. The van der Waals surface area contributed by atoms with E-state index in [1.807, 2.05) is 42.5 Å². The molecule has 0 bridgehead atoms. The van der Waals surface area contributed by atoms with Crippen LogP contribution in [0, 0.1) is 0 Å². The summed E-state index contributed by atoms with van der Waals surface area (Å²) in [5.74, 6) is -0.137. The predicted molar refractivity (Wildman–Crippen MR) is 94.2 cm³/mol. The average Bonchev–Trinajstić information content (AvgIpc) is 2.51. The fourth-order valence-corrected chi connectivity index (χ4v) is 2.92. The third-order valence-electron chi connectivity index (χ3n) is 3.43. The van der Waals surface area contributed by atoms with Gasteiger partial charge in [0.05, 0.1) is 6.16 Å². The Balaban J connectivity index is 1.79. The van der Waals surface area contributed by atoms with Crippen molar-refractivity contribution in [1.29, 1.82) is 0 Å². The molecule has 0 heterocycles. The highest BCUT2D eigenvalue weighted by Crippen LogP contribution is 2.22. The van der Waals surface area contributed by atoms with Crippen molar-refractivity contribution in [3.05, 3.63) is 65.7 Å². The summed E-state index contributed by atoms with van der Waals surface area (Å²) >= 11 is 0. The number of rotatable bonds is 5. The van der Waals surface area contributed by atoms with Crippen LogP contribution in [-0.2, 0) is 21.6 Å². The van der Waals surface area contributed by atoms with Crippen LogP contribution in [0.3, 0.4) is 0 Å². The van der Waals surface area contributed by atoms with Crippen LogP contribution in [0.4, 0.5) is 0 Å². The summed E-state index contributed by atoms with van der Waals surface area (Å²) in [5.41, 5.74) is 2.46. The van der Waals surface area contributed by atoms with E-state index in [0.29, 0.717) is 21.3 Å². The lowest BCUT2D eigenvalue weighted by atomic mass is 9.87. The molecule has 0 radical (unpaired) electrons. The second kappa shape index (κ2) is 7.56. The summed E-state index contributed by atoms with van der Waals surface area (Å²) in [4.78, 5) is 11.8. The highest BCUT2D eigenvalue weighted by Gasteiger charge is 2.13. The van der Waals surface area contributed by atoms with Crippen LogP contribution in [0.5, 0.6) is 0 Å². The minimum atomic E-state index is -0.137. The predicted octanol–water partition coefficient (Wildman–Crippen LogP) is 4.03. The van der Waals surface area contributed by atoms with Crippen LogP contribution < -0.4 is 5.30 Å². The second-order valence-corrected chi connectivity index (χ2v) is 7.61. The summed E-state index contributed by atoms with van der Waals surface area (Å²) in [6.45, 7) is 6.91. The smallest absolute Gasteiger partial charge is 0.310 e. The molecule has 1 atom stereocenters. The molecule has 0 N–H and O–H groups in total. The molecule has 0 amide bonds.